The first kappa shape index (κ1) is 11.1. The van der Waals surface area contributed by atoms with Gasteiger partial charge in [0.1, 0.15) is 0 Å². The van der Waals surface area contributed by atoms with Crippen LogP contribution in [0.15, 0.2) is 0 Å². The molecule has 1 aliphatic carbocycles. The number of hydrogen-bond acceptors (Lipinski definition) is 0. The summed E-state index contributed by atoms with van der Waals surface area (Å²) in [6.45, 7) is 12.1. The van der Waals surface area contributed by atoms with Crippen molar-refractivity contribution >= 4 is 0 Å². The molecule has 2 atom stereocenters. The summed E-state index contributed by atoms with van der Waals surface area (Å²) in [5.41, 5.74) is 1.22. The number of hydrogen-bond donors (Lipinski definition) is 0. The van der Waals surface area contributed by atoms with Crippen LogP contribution in [0.5, 0.6) is 0 Å². The fraction of sp³-hybridized carbons (Fsp3) is 1.00. The Bertz CT molecular complexity index is 169. The highest BCUT2D eigenvalue weighted by Gasteiger charge is 2.38. The molecule has 1 rings (SSSR count). The van der Waals surface area contributed by atoms with E-state index in [0.29, 0.717) is 10.8 Å². The van der Waals surface area contributed by atoms with E-state index in [1.54, 1.807) is 0 Å². The van der Waals surface area contributed by atoms with E-state index in [-0.39, 0.29) is 0 Å². The average molecular weight is 182 g/mol. The largest absolute Gasteiger partial charge is 0.0654 e. The molecular weight excluding hydrogens is 156 g/mol. The van der Waals surface area contributed by atoms with Gasteiger partial charge in [0, 0.05) is 0 Å². The summed E-state index contributed by atoms with van der Waals surface area (Å²) in [4.78, 5) is 0. The summed E-state index contributed by atoms with van der Waals surface area (Å²) in [6.07, 6.45) is 7.06. The Kier molecular flexibility index (Phi) is 3.09. The van der Waals surface area contributed by atoms with Crippen LogP contribution in [-0.2, 0) is 0 Å². The average Bonchev–Trinajstić information content (AvgIpc) is 1.78. The first-order chi connectivity index (χ1) is 5.87. The smallest absolute Gasteiger partial charge is 0.0318 e. The van der Waals surface area contributed by atoms with Gasteiger partial charge in [-0.2, -0.15) is 0 Å². The summed E-state index contributed by atoms with van der Waals surface area (Å²) in [5.74, 6) is 0.931. The van der Waals surface area contributed by atoms with Crippen molar-refractivity contribution in [3.05, 3.63) is 0 Å². The van der Waals surface area contributed by atoms with Crippen LogP contribution in [0, 0.1) is 16.7 Å². The van der Waals surface area contributed by atoms with Crippen molar-refractivity contribution in [3.63, 3.8) is 0 Å². The molecule has 0 aliphatic heterocycles. The lowest BCUT2D eigenvalue weighted by Crippen LogP contribution is -2.34. The molecule has 0 amide bonds. The van der Waals surface area contributed by atoms with E-state index in [0.717, 1.165) is 5.92 Å². The predicted molar refractivity (Wildman–Crippen MR) is 59.8 cm³/mol. The van der Waals surface area contributed by atoms with Crippen LogP contribution in [0.3, 0.4) is 0 Å². The molecule has 13 heavy (non-hydrogen) atoms. The standard InChI is InChI=1S/C13H26/c1-6-7-13(5)9-11(2)8-12(3,4)10-13/h11H,6-10H2,1-5H3. The third kappa shape index (κ3) is 3.00. The van der Waals surface area contributed by atoms with Gasteiger partial charge in [-0.1, -0.05) is 41.0 Å². The molecule has 0 aromatic heterocycles. The Morgan fingerprint density at radius 2 is 1.77 bits per heavy atom. The van der Waals surface area contributed by atoms with Gasteiger partial charge in [0.05, 0.1) is 0 Å². The lowest BCUT2D eigenvalue weighted by atomic mass is 9.60. The van der Waals surface area contributed by atoms with Crippen molar-refractivity contribution in [1.29, 1.82) is 0 Å². The predicted octanol–water partition coefficient (Wildman–Crippen LogP) is 4.64. The normalized spacial score (nSPS) is 39.0. The van der Waals surface area contributed by atoms with Crippen molar-refractivity contribution in [1.82, 2.24) is 0 Å². The van der Waals surface area contributed by atoms with Crippen LogP contribution in [0.25, 0.3) is 0 Å². The molecule has 1 aliphatic rings. The zero-order chi connectivity index (χ0) is 10.1. The van der Waals surface area contributed by atoms with Gasteiger partial charge in [-0.25, -0.2) is 0 Å². The molecule has 0 heteroatoms. The van der Waals surface area contributed by atoms with Gasteiger partial charge in [0.15, 0.2) is 0 Å². The van der Waals surface area contributed by atoms with E-state index in [2.05, 4.69) is 34.6 Å². The molecule has 0 aromatic carbocycles. The lowest BCUT2D eigenvalue weighted by molar-refractivity contribution is 0.0538. The second-order valence-corrected chi connectivity index (χ2v) is 6.42. The minimum absolute atomic E-state index is 0.585. The van der Waals surface area contributed by atoms with Gasteiger partial charge in [0.25, 0.3) is 0 Å². The Balaban J connectivity index is 2.66. The fourth-order valence-electron chi connectivity index (χ4n) is 3.95. The monoisotopic (exact) mass is 182 g/mol. The zero-order valence-corrected chi connectivity index (χ0v) is 10.1. The van der Waals surface area contributed by atoms with E-state index in [4.69, 9.17) is 0 Å². The summed E-state index contributed by atoms with van der Waals surface area (Å²) in [5, 5.41) is 0. The highest BCUT2D eigenvalue weighted by molar-refractivity contribution is 4.89. The van der Waals surface area contributed by atoms with Crippen molar-refractivity contribution in [2.75, 3.05) is 0 Å². The summed E-state index contributed by atoms with van der Waals surface area (Å²) < 4.78 is 0. The van der Waals surface area contributed by atoms with Crippen LogP contribution in [-0.4, -0.2) is 0 Å². The minimum Gasteiger partial charge on any atom is -0.0654 e. The van der Waals surface area contributed by atoms with Gasteiger partial charge < -0.3 is 0 Å². The van der Waals surface area contributed by atoms with E-state index in [1.165, 1.54) is 32.1 Å². The highest BCUT2D eigenvalue weighted by atomic mass is 14.4. The molecule has 0 bridgehead atoms. The van der Waals surface area contributed by atoms with Gasteiger partial charge in [-0.05, 0) is 42.4 Å². The lowest BCUT2D eigenvalue weighted by Gasteiger charge is -2.46. The molecule has 78 valence electrons. The molecule has 0 nitrogen and oxygen atoms in total. The van der Waals surface area contributed by atoms with Gasteiger partial charge in [0.2, 0.25) is 0 Å². The molecule has 0 aromatic rings. The molecule has 0 saturated heterocycles. The second-order valence-electron chi connectivity index (χ2n) is 6.42. The van der Waals surface area contributed by atoms with Crippen molar-refractivity contribution < 1.29 is 0 Å². The Labute approximate surface area is 84.1 Å². The van der Waals surface area contributed by atoms with Crippen LogP contribution in [0.4, 0.5) is 0 Å². The number of rotatable bonds is 2. The summed E-state index contributed by atoms with van der Waals surface area (Å²) in [6, 6.07) is 0. The Hall–Kier alpha value is 0. The first-order valence-corrected chi connectivity index (χ1v) is 5.87. The van der Waals surface area contributed by atoms with Crippen LogP contribution in [0.2, 0.25) is 0 Å². The third-order valence-corrected chi connectivity index (χ3v) is 3.50. The molecule has 1 fully saturated rings. The van der Waals surface area contributed by atoms with Crippen LogP contribution in [0.1, 0.15) is 66.7 Å². The summed E-state index contributed by atoms with van der Waals surface area (Å²) in [7, 11) is 0. The maximum absolute atomic E-state index is 2.49. The van der Waals surface area contributed by atoms with Crippen LogP contribution < -0.4 is 0 Å². The SMILES string of the molecule is CCCC1(C)CC(C)CC(C)(C)C1. The molecule has 1 saturated carbocycles. The third-order valence-electron chi connectivity index (χ3n) is 3.50. The van der Waals surface area contributed by atoms with Crippen LogP contribution >= 0.6 is 0 Å². The van der Waals surface area contributed by atoms with Crippen molar-refractivity contribution in [2.45, 2.75) is 66.7 Å². The second kappa shape index (κ2) is 3.63. The maximum atomic E-state index is 2.49. The van der Waals surface area contributed by atoms with E-state index in [1.807, 2.05) is 0 Å². The van der Waals surface area contributed by atoms with E-state index < -0.39 is 0 Å². The van der Waals surface area contributed by atoms with Gasteiger partial charge in [-0.3, -0.25) is 0 Å². The highest BCUT2D eigenvalue weighted by Crippen LogP contribution is 2.50. The Morgan fingerprint density at radius 1 is 1.15 bits per heavy atom. The molecular formula is C13H26. The van der Waals surface area contributed by atoms with E-state index >= 15 is 0 Å². The van der Waals surface area contributed by atoms with Crippen molar-refractivity contribution in [3.8, 4) is 0 Å². The topological polar surface area (TPSA) is 0 Å². The first-order valence-electron chi connectivity index (χ1n) is 5.87. The Morgan fingerprint density at radius 3 is 2.23 bits per heavy atom. The van der Waals surface area contributed by atoms with Gasteiger partial charge in [-0.15, -0.1) is 0 Å². The molecule has 0 heterocycles. The molecule has 0 radical (unpaired) electrons. The molecule has 0 spiro atoms. The summed E-state index contributed by atoms with van der Waals surface area (Å²) >= 11 is 0. The van der Waals surface area contributed by atoms with Gasteiger partial charge >= 0.3 is 0 Å². The van der Waals surface area contributed by atoms with Crippen molar-refractivity contribution in [2.24, 2.45) is 16.7 Å². The molecule has 0 N–H and O–H groups in total. The minimum atomic E-state index is 0.585. The fourth-order valence-corrected chi connectivity index (χ4v) is 3.95. The quantitative estimate of drug-likeness (QED) is 0.583. The zero-order valence-electron chi connectivity index (χ0n) is 10.1. The maximum Gasteiger partial charge on any atom is -0.0318 e. The van der Waals surface area contributed by atoms with E-state index in [9.17, 15) is 0 Å². The molecule has 2 unspecified atom stereocenters.